The molecule has 17 heavy (non-hydrogen) atoms. The number of nitrogens with two attached hydrogens (primary N) is 1. The quantitative estimate of drug-likeness (QED) is 0.833. The van der Waals surface area contributed by atoms with Crippen molar-refractivity contribution in [2.75, 3.05) is 30.9 Å². The number of ether oxygens (including phenoxy) is 2. The summed E-state index contributed by atoms with van der Waals surface area (Å²) in [6.45, 7) is 4.10. The van der Waals surface area contributed by atoms with Gasteiger partial charge in [-0.2, -0.15) is 4.98 Å². The molecule has 0 spiro atoms. The van der Waals surface area contributed by atoms with E-state index >= 15 is 0 Å². The Labute approximate surface area is 101 Å². The first-order valence-corrected chi connectivity index (χ1v) is 6.03. The summed E-state index contributed by atoms with van der Waals surface area (Å²) in [5.74, 6) is 1.32. The Kier molecular flexibility index (Phi) is 4.03. The smallest absolute Gasteiger partial charge is 0.239 e. The molecule has 0 atom stereocenters. The van der Waals surface area contributed by atoms with Crippen molar-refractivity contribution in [1.82, 2.24) is 4.98 Å². The molecule has 5 nitrogen and oxygen atoms in total. The molecule has 0 bridgehead atoms. The molecule has 0 saturated carbocycles. The van der Waals surface area contributed by atoms with Crippen molar-refractivity contribution < 1.29 is 9.47 Å². The second kappa shape index (κ2) is 5.72. The van der Waals surface area contributed by atoms with E-state index in [2.05, 4.69) is 10.3 Å². The maximum Gasteiger partial charge on any atom is 0.239 e. The largest absolute Gasteiger partial charge is 0.476 e. The van der Waals surface area contributed by atoms with Gasteiger partial charge in [0.1, 0.15) is 5.82 Å². The van der Waals surface area contributed by atoms with Crippen LogP contribution in [0.2, 0.25) is 0 Å². The van der Waals surface area contributed by atoms with Gasteiger partial charge in [-0.05, 0) is 31.9 Å². The van der Waals surface area contributed by atoms with Gasteiger partial charge in [-0.3, -0.25) is 0 Å². The molecule has 1 aromatic rings. The van der Waals surface area contributed by atoms with Gasteiger partial charge >= 0.3 is 0 Å². The van der Waals surface area contributed by atoms with Crippen molar-refractivity contribution in [2.45, 2.75) is 25.8 Å². The van der Waals surface area contributed by atoms with Gasteiger partial charge in [-0.1, -0.05) is 0 Å². The third-order valence-electron chi connectivity index (χ3n) is 2.74. The van der Waals surface area contributed by atoms with Crippen LogP contribution in [0.3, 0.4) is 0 Å². The third kappa shape index (κ3) is 3.23. The van der Waals surface area contributed by atoms with Gasteiger partial charge in [-0.25, -0.2) is 0 Å². The first-order chi connectivity index (χ1) is 8.29. The lowest BCUT2D eigenvalue weighted by atomic mass is 10.1. The summed E-state index contributed by atoms with van der Waals surface area (Å²) in [5, 5.41) is 3.38. The lowest BCUT2D eigenvalue weighted by Gasteiger charge is -2.23. The van der Waals surface area contributed by atoms with Gasteiger partial charge in [-0.15, -0.1) is 0 Å². The van der Waals surface area contributed by atoms with Crippen molar-refractivity contribution in [3.8, 4) is 5.88 Å². The van der Waals surface area contributed by atoms with Crippen LogP contribution in [0.1, 0.15) is 19.8 Å². The minimum atomic E-state index is 0.425. The summed E-state index contributed by atoms with van der Waals surface area (Å²) in [6.07, 6.45) is 2.02. The highest BCUT2D eigenvalue weighted by Gasteiger charge is 2.14. The second-order valence-electron chi connectivity index (χ2n) is 4.05. The molecule has 1 aromatic heterocycles. The highest BCUT2D eigenvalue weighted by atomic mass is 16.5. The number of aromatic nitrogens is 1. The molecule has 94 valence electrons. The average Bonchev–Trinajstić information content (AvgIpc) is 2.35. The molecule has 1 saturated heterocycles. The molecule has 2 rings (SSSR count). The molecule has 2 heterocycles. The van der Waals surface area contributed by atoms with Crippen LogP contribution >= 0.6 is 0 Å². The second-order valence-corrected chi connectivity index (χ2v) is 4.05. The van der Waals surface area contributed by atoms with E-state index in [9.17, 15) is 0 Å². The maximum absolute atomic E-state index is 5.77. The van der Waals surface area contributed by atoms with E-state index in [1.54, 1.807) is 0 Å². The Bertz CT molecular complexity index is 365. The normalized spacial score (nSPS) is 16.8. The number of hydrogen-bond acceptors (Lipinski definition) is 5. The number of rotatable bonds is 4. The van der Waals surface area contributed by atoms with Crippen LogP contribution in [0.5, 0.6) is 5.88 Å². The summed E-state index contributed by atoms with van der Waals surface area (Å²) < 4.78 is 10.7. The molecule has 0 aromatic carbocycles. The van der Waals surface area contributed by atoms with Crippen LogP contribution in [0, 0.1) is 0 Å². The van der Waals surface area contributed by atoms with Crippen molar-refractivity contribution >= 4 is 11.5 Å². The lowest BCUT2D eigenvalue weighted by molar-refractivity contribution is 0.0904. The molecule has 0 unspecified atom stereocenters. The minimum absolute atomic E-state index is 0.425. The Morgan fingerprint density at radius 3 is 2.94 bits per heavy atom. The SMILES string of the molecule is CCOc1nc(NC2CCOCC2)ccc1N. The van der Waals surface area contributed by atoms with Gasteiger partial charge in [0.15, 0.2) is 0 Å². The topological polar surface area (TPSA) is 69.4 Å². The Balaban J connectivity index is 2.02. The van der Waals surface area contributed by atoms with Crippen molar-refractivity contribution in [1.29, 1.82) is 0 Å². The van der Waals surface area contributed by atoms with E-state index in [0.717, 1.165) is 31.9 Å². The van der Waals surface area contributed by atoms with E-state index in [4.69, 9.17) is 15.2 Å². The standard InChI is InChI=1S/C12H19N3O2/c1-2-17-12-10(13)3-4-11(15-12)14-9-5-7-16-8-6-9/h3-4,9H,2,5-8,13H2,1H3,(H,14,15). The zero-order valence-electron chi connectivity index (χ0n) is 10.1. The number of hydrogen-bond donors (Lipinski definition) is 2. The maximum atomic E-state index is 5.77. The highest BCUT2D eigenvalue weighted by Crippen LogP contribution is 2.22. The average molecular weight is 237 g/mol. The van der Waals surface area contributed by atoms with Crippen molar-refractivity contribution in [3.05, 3.63) is 12.1 Å². The van der Waals surface area contributed by atoms with E-state index in [0.29, 0.717) is 24.2 Å². The lowest BCUT2D eigenvalue weighted by Crippen LogP contribution is -2.28. The van der Waals surface area contributed by atoms with E-state index < -0.39 is 0 Å². The molecule has 0 radical (unpaired) electrons. The van der Waals surface area contributed by atoms with E-state index in [1.165, 1.54) is 0 Å². The highest BCUT2D eigenvalue weighted by molar-refractivity contribution is 5.53. The molecule has 1 aliphatic heterocycles. The first kappa shape index (κ1) is 12.0. The van der Waals surface area contributed by atoms with Gasteiger partial charge in [0.2, 0.25) is 5.88 Å². The summed E-state index contributed by atoms with van der Waals surface area (Å²) in [7, 11) is 0. The Hall–Kier alpha value is -1.49. The predicted molar refractivity (Wildman–Crippen MR) is 67.3 cm³/mol. The van der Waals surface area contributed by atoms with E-state index in [1.807, 2.05) is 19.1 Å². The van der Waals surface area contributed by atoms with Crippen molar-refractivity contribution in [2.24, 2.45) is 0 Å². The zero-order valence-corrected chi connectivity index (χ0v) is 10.1. The molecule has 1 aliphatic rings. The minimum Gasteiger partial charge on any atom is -0.476 e. The molecule has 0 aliphatic carbocycles. The van der Waals surface area contributed by atoms with Crippen LogP contribution in [-0.2, 0) is 4.74 Å². The molecular weight excluding hydrogens is 218 g/mol. The molecule has 5 heteroatoms. The summed E-state index contributed by atoms with van der Waals surface area (Å²) >= 11 is 0. The fraction of sp³-hybridized carbons (Fsp3) is 0.583. The molecule has 0 amide bonds. The van der Waals surface area contributed by atoms with Gasteiger partial charge in [0.25, 0.3) is 0 Å². The monoisotopic (exact) mass is 237 g/mol. The Morgan fingerprint density at radius 1 is 1.47 bits per heavy atom. The Morgan fingerprint density at radius 2 is 2.24 bits per heavy atom. The summed E-state index contributed by atoms with van der Waals surface area (Å²) in [4.78, 5) is 4.36. The van der Waals surface area contributed by atoms with Crippen LogP contribution in [0.25, 0.3) is 0 Å². The van der Waals surface area contributed by atoms with Crippen LogP contribution in [0.4, 0.5) is 11.5 Å². The van der Waals surface area contributed by atoms with Gasteiger partial charge in [0, 0.05) is 19.3 Å². The fourth-order valence-electron chi connectivity index (χ4n) is 1.83. The summed E-state index contributed by atoms with van der Waals surface area (Å²) in [5.41, 5.74) is 6.35. The van der Waals surface area contributed by atoms with Gasteiger partial charge in [0.05, 0.1) is 12.3 Å². The number of nitrogens with one attached hydrogen (secondary N) is 1. The van der Waals surface area contributed by atoms with Gasteiger partial charge < -0.3 is 20.5 Å². The summed E-state index contributed by atoms with van der Waals surface area (Å²) in [6, 6.07) is 4.13. The van der Waals surface area contributed by atoms with Crippen LogP contribution in [-0.4, -0.2) is 30.8 Å². The van der Waals surface area contributed by atoms with E-state index in [-0.39, 0.29) is 0 Å². The third-order valence-corrected chi connectivity index (χ3v) is 2.74. The fourth-order valence-corrected chi connectivity index (χ4v) is 1.83. The number of anilines is 2. The first-order valence-electron chi connectivity index (χ1n) is 6.03. The molecular formula is C12H19N3O2. The predicted octanol–water partition coefficient (Wildman–Crippen LogP) is 1.65. The van der Waals surface area contributed by atoms with Crippen molar-refractivity contribution in [3.63, 3.8) is 0 Å². The number of nitrogens with zero attached hydrogens (tertiary/aromatic N) is 1. The molecule has 1 fully saturated rings. The number of nitrogen functional groups attached to an aromatic ring is 1. The molecule has 3 N–H and O–H groups in total. The van der Waals surface area contributed by atoms with Crippen LogP contribution in [0.15, 0.2) is 12.1 Å². The zero-order chi connectivity index (χ0) is 12.1. The number of pyridine rings is 1. The van der Waals surface area contributed by atoms with Crippen LogP contribution < -0.4 is 15.8 Å².